The molecule has 0 spiro atoms. The van der Waals surface area contributed by atoms with Gasteiger partial charge in [0.1, 0.15) is 0 Å². The molecule has 0 fully saturated rings. The van der Waals surface area contributed by atoms with E-state index in [-0.39, 0.29) is 11.8 Å². The zero-order chi connectivity index (χ0) is 19.7. The summed E-state index contributed by atoms with van der Waals surface area (Å²) in [7, 11) is 3.39. The van der Waals surface area contributed by atoms with Crippen LogP contribution in [0.4, 0.5) is 0 Å². The number of hydrogen-bond donors (Lipinski definition) is 1. The molecule has 0 aromatic heterocycles. The minimum atomic E-state index is -1.54. The third kappa shape index (κ3) is 5.74. The number of unbranched alkanes of at least 4 members (excludes halogenated alkanes) is 2. The van der Waals surface area contributed by atoms with Crippen LogP contribution in [0.2, 0.25) is 0 Å². The summed E-state index contributed by atoms with van der Waals surface area (Å²) in [6.07, 6.45) is 2.40. The van der Waals surface area contributed by atoms with Gasteiger partial charge < -0.3 is 9.84 Å². The lowest BCUT2D eigenvalue weighted by Gasteiger charge is -2.33. The SMILES string of the molecule is CN(C)C(O)(CCCCCOC(=O)c1ccccc1)C(=O)c1ccccc1. The van der Waals surface area contributed by atoms with Crippen LogP contribution in [0.1, 0.15) is 46.4 Å². The van der Waals surface area contributed by atoms with Crippen molar-refractivity contribution in [1.29, 1.82) is 0 Å². The first-order valence-corrected chi connectivity index (χ1v) is 9.17. The second kappa shape index (κ2) is 10.00. The molecule has 0 saturated carbocycles. The fourth-order valence-corrected chi connectivity index (χ4v) is 2.83. The molecule has 0 aliphatic carbocycles. The molecule has 0 amide bonds. The summed E-state index contributed by atoms with van der Waals surface area (Å²) in [6.45, 7) is 0.320. The maximum atomic E-state index is 12.7. The molecule has 1 atom stereocenters. The highest BCUT2D eigenvalue weighted by molar-refractivity contribution is 6.01. The average Bonchev–Trinajstić information content (AvgIpc) is 2.70. The van der Waals surface area contributed by atoms with Crippen LogP contribution in [0, 0.1) is 0 Å². The van der Waals surface area contributed by atoms with E-state index in [1.165, 1.54) is 0 Å². The smallest absolute Gasteiger partial charge is 0.338 e. The van der Waals surface area contributed by atoms with Gasteiger partial charge in [0.25, 0.3) is 0 Å². The van der Waals surface area contributed by atoms with Crippen LogP contribution in [-0.4, -0.2) is 48.2 Å². The van der Waals surface area contributed by atoms with Gasteiger partial charge >= 0.3 is 5.97 Å². The summed E-state index contributed by atoms with van der Waals surface area (Å²) in [6, 6.07) is 17.7. The van der Waals surface area contributed by atoms with Crippen molar-refractivity contribution >= 4 is 11.8 Å². The van der Waals surface area contributed by atoms with Gasteiger partial charge in [0.05, 0.1) is 12.2 Å². The number of aliphatic hydroxyl groups is 1. The molecule has 2 aromatic rings. The largest absolute Gasteiger partial charge is 0.462 e. The third-order valence-corrected chi connectivity index (χ3v) is 4.55. The number of benzene rings is 2. The van der Waals surface area contributed by atoms with Gasteiger partial charge in [-0.3, -0.25) is 9.69 Å². The molecule has 144 valence electrons. The summed E-state index contributed by atoms with van der Waals surface area (Å²) in [5.41, 5.74) is -0.513. The number of carbonyl (C=O) groups is 2. The molecule has 0 aliphatic rings. The molecule has 1 unspecified atom stereocenters. The summed E-state index contributed by atoms with van der Waals surface area (Å²) in [5.74, 6) is -0.636. The maximum absolute atomic E-state index is 12.7. The fourth-order valence-electron chi connectivity index (χ4n) is 2.83. The summed E-state index contributed by atoms with van der Waals surface area (Å²) in [5, 5.41) is 10.9. The summed E-state index contributed by atoms with van der Waals surface area (Å²) in [4.78, 5) is 26.1. The number of carbonyl (C=O) groups excluding carboxylic acids is 2. The van der Waals surface area contributed by atoms with E-state index < -0.39 is 5.72 Å². The molecule has 1 N–H and O–H groups in total. The lowest BCUT2D eigenvalue weighted by Crippen LogP contribution is -2.51. The Hall–Kier alpha value is -2.50. The van der Waals surface area contributed by atoms with Crippen molar-refractivity contribution in [3.8, 4) is 0 Å². The first-order chi connectivity index (χ1) is 12.9. The van der Waals surface area contributed by atoms with Gasteiger partial charge in [0.2, 0.25) is 5.78 Å². The number of ether oxygens (including phenoxy) is 1. The van der Waals surface area contributed by atoms with E-state index in [0.29, 0.717) is 37.0 Å². The van der Waals surface area contributed by atoms with Crippen LogP contribution in [0.5, 0.6) is 0 Å². The first kappa shape index (κ1) is 20.8. The molecule has 0 aliphatic heterocycles. The zero-order valence-electron chi connectivity index (χ0n) is 15.9. The highest BCUT2D eigenvalue weighted by Crippen LogP contribution is 2.23. The molecule has 0 radical (unpaired) electrons. The Balaban J connectivity index is 1.78. The molecule has 0 heterocycles. The first-order valence-electron chi connectivity index (χ1n) is 9.17. The van der Waals surface area contributed by atoms with Crippen LogP contribution in [0.3, 0.4) is 0 Å². The number of hydrogen-bond acceptors (Lipinski definition) is 5. The van der Waals surface area contributed by atoms with E-state index in [1.54, 1.807) is 67.5 Å². The van der Waals surface area contributed by atoms with Crippen molar-refractivity contribution < 1.29 is 19.4 Å². The Morgan fingerprint density at radius 2 is 1.44 bits per heavy atom. The van der Waals surface area contributed by atoms with Crippen LogP contribution in [0.15, 0.2) is 60.7 Å². The Kier molecular flexibility index (Phi) is 7.70. The van der Waals surface area contributed by atoms with Gasteiger partial charge in [-0.1, -0.05) is 48.5 Å². The normalized spacial score (nSPS) is 13.2. The number of esters is 1. The summed E-state index contributed by atoms with van der Waals surface area (Å²) >= 11 is 0. The van der Waals surface area contributed by atoms with Crippen molar-refractivity contribution in [2.45, 2.75) is 31.4 Å². The van der Waals surface area contributed by atoms with Gasteiger partial charge in [-0.15, -0.1) is 0 Å². The van der Waals surface area contributed by atoms with E-state index in [2.05, 4.69) is 0 Å². The number of nitrogens with zero attached hydrogens (tertiary/aromatic N) is 1. The number of ketones is 1. The second-order valence-electron chi connectivity index (χ2n) is 6.72. The topological polar surface area (TPSA) is 66.8 Å². The Labute approximate surface area is 160 Å². The molecular formula is C22H27NO4. The summed E-state index contributed by atoms with van der Waals surface area (Å²) < 4.78 is 5.25. The predicted octanol–water partition coefficient (Wildman–Crippen LogP) is 3.54. The molecule has 5 nitrogen and oxygen atoms in total. The second-order valence-corrected chi connectivity index (χ2v) is 6.72. The predicted molar refractivity (Wildman–Crippen MR) is 105 cm³/mol. The van der Waals surface area contributed by atoms with Gasteiger partial charge in [-0.05, 0) is 51.9 Å². The van der Waals surface area contributed by atoms with Crippen molar-refractivity contribution in [3.63, 3.8) is 0 Å². The molecule has 5 heteroatoms. The highest BCUT2D eigenvalue weighted by atomic mass is 16.5. The molecule has 0 saturated heterocycles. The van der Waals surface area contributed by atoms with Gasteiger partial charge in [0.15, 0.2) is 5.72 Å². The molecular weight excluding hydrogens is 342 g/mol. The maximum Gasteiger partial charge on any atom is 0.338 e. The van der Waals surface area contributed by atoms with E-state index in [1.807, 2.05) is 12.1 Å². The molecule has 2 aromatic carbocycles. The number of rotatable bonds is 10. The van der Waals surface area contributed by atoms with Crippen molar-refractivity contribution in [1.82, 2.24) is 4.90 Å². The van der Waals surface area contributed by atoms with Gasteiger partial charge in [-0.2, -0.15) is 0 Å². The van der Waals surface area contributed by atoms with E-state index >= 15 is 0 Å². The van der Waals surface area contributed by atoms with Crippen LogP contribution >= 0.6 is 0 Å². The minimum Gasteiger partial charge on any atom is -0.462 e. The van der Waals surface area contributed by atoms with Crippen LogP contribution in [-0.2, 0) is 4.74 Å². The molecule has 27 heavy (non-hydrogen) atoms. The average molecular weight is 369 g/mol. The Morgan fingerprint density at radius 3 is 2.00 bits per heavy atom. The Bertz CT molecular complexity index is 730. The van der Waals surface area contributed by atoms with Crippen LogP contribution < -0.4 is 0 Å². The zero-order valence-corrected chi connectivity index (χ0v) is 15.9. The highest BCUT2D eigenvalue weighted by Gasteiger charge is 2.38. The lowest BCUT2D eigenvalue weighted by atomic mass is 9.94. The monoisotopic (exact) mass is 369 g/mol. The van der Waals surface area contributed by atoms with E-state index in [0.717, 1.165) is 6.42 Å². The van der Waals surface area contributed by atoms with Crippen LogP contribution in [0.25, 0.3) is 0 Å². The molecule has 0 bridgehead atoms. The van der Waals surface area contributed by atoms with Gasteiger partial charge in [0, 0.05) is 5.56 Å². The third-order valence-electron chi connectivity index (χ3n) is 4.55. The lowest BCUT2D eigenvalue weighted by molar-refractivity contribution is -0.0590. The number of likely N-dealkylation sites (N-methyl/N-ethyl adjacent to an activating group) is 1. The van der Waals surface area contributed by atoms with E-state index in [4.69, 9.17) is 4.74 Å². The molecule has 2 rings (SSSR count). The fraction of sp³-hybridized carbons (Fsp3) is 0.364. The van der Waals surface area contributed by atoms with Crippen molar-refractivity contribution in [3.05, 3.63) is 71.8 Å². The van der Waals surface area contributed by atoms with Crippen molar-refractivity contribution in [2.24, 2.45) is 0 Å². The minimum absolute atomic E-state index is 0.302. The van der Waals surface area contributed by atoms with E-state index in [9.17, 15) is 14.7 Å². The number of Topliss-reactive ketones (excluding diaryl/α,β-unsaturated/α-hetero) is 1. The Morgan fingerprint density at radius 1 is 0.889 bits per heavy atom. The van der Waals surface area contributed by atoms with Gasteiger partial charge in [-0.25, -0.2) is 4.79 Å². The quantitative estimate of drug-likeness (QED) is 0.300. The standard InChI is InChI=1S/C22H27NO4/c1-23(2)22(26,20(24)18-12-6-3-7-13-18)16-10-5-11-17-27-21(25)19-14-8-4-9-15-19/h3-4,6-9,12-15,26H,5,10-11,16-17H2,1-2H3. The van der Waals surface area contributed by atoms with Crippen molar-refractivity contribution in [2.75, 3.05) is 20.7 Å².